The molecule has 1 aliphatic rings. The quantitative estimate of drug-likeness (QED) is 0.772. The molecule has 1 heterocycles. The van der Waals surface area contributed by atoms with Crippen LogP contribution in [-0.2, 0) is 14.3 Å². The van der Waals surface area contributed by atoms with Gasteiger partial charge in [-0.15, -0.1) is 0 Å². The highest BCUT2D eigenvalue weighted by atomic mass is 19.1. The van der Waals surface area contributed by atoms with E-state index in [9.17, 15) is 14.0 Å². The number of rotatable bonds is 3. The standard InChI is InChI=1S/C13H11FO4/c1-17-12(15)4-2-3-11-9-6-5-8(14)7-10(9)13(16)18-11/h3,5-7H,2,4H2,1H3. The van der Waals surface area contributed by atoms with Crippen LogP contribution in [0.15, 0.2) is 24.3 Å². The summed E-state index contributed by atoms with van der Waals surface area (Å²) < 4.78 is 22.5. The minimum absolute atomic E-state index is 0.202. The Morgan fingerprint density at radius 3 is 2.94 bits per heavy atom. The molecule has 5 heteroatoms. The number of cyclic esters (lactones) is 1. The Hall–Kier alpha value is -2.17. The first kappa shape index (κ1) is 12.3. The molecule has 0 aromatic heterocycles. The predicted octanol–water partition coefficient (Wildman–Crippen LogP) is 2.29. The van der Waals surface area contributed by atoms with Crippen molar-refractivity contribution in [3.63, 3.8) is 0 Å². The van der Waals surface area contributed by atoms with Crippen LogP contribution in [0.4, 0.5) is 4.39 Å². The molecule has 0 N–H and O–H groups in total. The summed E-state index contributed by atoms with van der Waals surface area (Å²) in [4.78, 5) is 22.4. The number of carbonyl (C=O) groups is 2. The maximum atomic E-state index is 13.0. The van der Waals surface area contributed by atoms with Crippen molar-refractivity contribution in [3.05, 3.63) is 41.2 Å². The lowest BCUT2D eigenvalue weighted by Gasteiger charge is -1.98. The number of benzene rings is 1. The Morgan fingerprint density at radius 1 is 1.44 bits per heavy atom. The number of esters is 2. The maximum absolute atomic E-state index is 13.0. The van der Waals surface area contributed by atoms with Gasteiger partial charge in [-0.2, -0.15) is 0 Å². The lowest BCUT2D eigenvalue weighted by molar-refractivity contribution is -0.140. The average molecular weight is 250 g/mol. The maximum Gasteiger partial charge on any atom is 0.344 e. The molecule has 0 spiro atoms. The highest BCUT2D eigenvalue weighted by Gasteiger charge is 2.26. The molecule has 0 amide bonds. The molecule has 18 heavy (non-hydrogen) atoms. The van der Waals surface area contributed by atoms with E-state index >= 15 is 0 Å². The molecule has 94 valence electrons. The molecule has 0 unspecified atom stereocenters. The van der Waals surface area contributed by atoms with Crippen molar-refractivity contribution < 1.29 is 23.5 Å². The molecule has 0 saturated heterocycles. The topological polar surface area (TPSA) is 52.6 Å². The van der Waals surface area contributed by atoms with Crippen LogP contribution < -0.4 is 0 Å². The monoisotopic (exact) mass is 250 g/mol. The van der Waals surface area contributed by atoms with Crippen LogP contribution in [0.3, 0.4) is 0 Å². The summed E-state index contributed by atoms with van der Waals surface area (Å²) in [7, 11) is 1.31. The lowest BCUT2D eigenvalue weighted by Crippen LogP contribution is -1.98. The van der Waals surface area contributed by atoms with E-state index in [1.54, 1.807) is 6.08 Å². The molecule has 0 bridgehead atoms. The van der Waals surface area contributed by atoms with Crippen molar-refractivity contribution in [2.45, 2.75) is 12.8 Å². The van der Waals surface area contributed by atoms with E-state index in [1.165, 1.54) is 19.2 Å². The smallest absolute Gasteiger partial charge is 0.344 e. The number of hydrogen-bond acceptors (Lipinski definition) is 4. The Balaban J connectivity index is 2.16. The number of carbonyl (C=O) groups excluding carboxylic acids is 2. The number of fused-ring (bicyclic) bond motifs is 1. The summed E-state index contributed by atoms with van der Waals surface area (Å²) in [6.07, 6.45) is 2.22. The van der Waals surface area contributed by atoms with Gasteiger partial charge in [0.15, 0.2) is 0 Å². The third kappa shape index (κ3) is 2.40. The highest BCUT2D eigenvalue weighted by molar-refractivity contribution is 6.02. The zero-order chi connectivity index (χ0) is 13.1. The van der Waals surface area contributed by atoms with Crippen molar-refractivity contribution >= 4 is 17.7 Å². The van der Waals surface area contributed by atoms with Crippen LogP contribution in [0.5, 0.6) is 0 Å². The first-order valence-electron chi connectivity index (χ1n) is 5.41. The van der Waals surface area contributed by atoms with Gasteiger partial charge in [0.2, 0.25) is 0 Å². The van der Waals surface area contributed by atoms with Gasteiger partial charge in [0.05, 0.1) is 12.7 Å². The van der Waals surface area contributed by atoms with Gasteiger partial charge in [0.1, 0.15) is 11.6 Å². The van der Waals surface area contributed by atoms with Crippen molar-refractivity contribution in [2.24, 2.45) is 0 Å². The van der Waals surface area contributed by atoms with Crippen LogP contribution >= 0.6 is 0 Å². The summed E-state index contributed by atoms with van der Waals surface area (Å²) >= 11 is 0. The number of allylic oxidation sites excluding steroid dienone is 1. The zero-order valence-corrected chi connectivity index (χ0v) is 9.73. The number of halogens is 1. The Labute approximate surface area is 103 Å². The van der Waals surface area contributed by atoms with Gasteiger partial charge in [0, 0.05) is 12.0 Å². The second-order valence-corrected chi connectivity index (χ2v) is 3.76. The number of ether oxygens (including phenoxy) is 2. The predicted molar refractivity (Wildman–Crippen MR) is 61.0 cm³/mol. The van der Waals surface area contributed by atoms with E-state index in [2.05, 4.69) is 4.74 Å². The van der Waals surface area contributed by atoms with Gasteiger partial charge in [-0.25, -0.2) is 9.18 Å². The highest BCUT2D eigenvalue weighted by Crippen LogP contribution is 2.30. The molecule has 1 aliphatic heterocycles. The normalized spacial score (nSPS) is 15.4. The summed E-state index contributed by atoms with van der Waals surface area (Å²) in [5.41, 5.74) is 0.755. The Morgan fingerprint density at radius 2 is 2.22 bits per heavy atom. The third-order valence-corrected chi connectivity index (χ3v) is 2.58. The first-order chi connectivity index (χ1) is 8.61. The van der Waals surface area contributed by atoms with Crippen LogP contribution in [0.1, 0.15) is 28.8 Å². The number of methoxy groups -OCH3 is 1. The second kappa shape index (κ2) is 5.00. The number of hydrogen-bond donors (Lipinski definition) is 0. The van der Waals surface area contributed by atoms with E-state index in [0.29, 0.717) is 17.7 Å². The molecule has 2 rings (SSSR count). The van der Waals surface area contributed by atoms with Crippen molar-refractivity contribution in [3.8, 4) is 0 Å². The van der Waals surface area contributed by atoms with Gasteiger partial charge in [-0.1, -0.05) is 0 Å². The summed E-state index contributed by atoms with van der Waals surface area (Å²) in [5.74, 6) is -1.04. The Kier molecular flexibility index (Phi) is 3.41. The first-order valence-corrected chi connectivity index (χ1v) is 5.41. The largest absolute Gasteiger partial charge is 0.469 e. The van der Waals surface area contributed by atoms with Gasteiger partial charge in [0.25, 0.3) is 0 Å². The fourth-order valence-corrected chi connectivity index (χ4v) is 1.68. The molecule has 1 aromatic rings. The van der Waals surface area contributed by atoms with Crippen LogP contribution in [-0.4, -0.2) is 19.0 Å². The van der Waals surface area contributed by atoms with Crippen molar-refractivity contribution in [2.75, 3.05) is 7.11 Å². The third-order valence-electron chi connectivity index (χ3n) is 2.58. The van der Waals surface area contributed by atoms with Crippen molar-refractivity contribution in [1.29, 1.82) is 0 Å². The van der Waals surface area contributed by atoms with Gasteiger partial charge in [-0.05, 0) is 30.7 Å². The molecule has 4 nitrogen and oxygen atoms in total. The van der Waals surface area contributed by atoms with Crippen molar-refractivity contribution in [1.82, 2.24) is 0 Å². The minimum atomic E-state index is -0.575. The van der Waals surface area contributed by atoms with E-state index in [4.69, 9.17) is 4.74 Å². The molecule has 0 aliphatic carbocycles. The SMILES string of the molecule is COC(=O)CCC=C1OC(=O)c2cc(F)ccc21. The zero-order valence-electron chi connectivity index (χ0n) is 9.73. The molecule has 0 atom stereocenters. The molecular weight excluding hydrogens is 239 g/mol. The lowest BCUT2D eigenvalue weighted by atomic mass is 10.1. The molecule has 0 fully saturated rings. The summed E-state index contributed by atoms with van der Waals surface area (Å²) in [6, 6.07) is 3.88. The second-order valence-electron chi connectivity index (χ2n) is 3.76. The molecule has 0 saturated carbocycles. The fraction of sp³-hybridized carbons (Fsp3) is 0.231. The van der Waals surface area contributed by atoms with Gasteiger partial charge < -0.3 is 9.47 Å². The van der Waals surface area contributed by atoms with E-state index in [0.717, 1.165) is 6.07 Å². The summed E-state index contributed by atoms with van der Waals surface area (Å²) in [6.45, 7) is 0. The van der Waals surface area contributed by atoms with E-state index < -0.39 is 11.8 Å². The molecule has 1 aromatic carbocycles. The van der Waals surface area contributed by atoms with E-state index in [1.807, 2.05) is 0 Å². The fourth-order valence-electron chi connectivity index (χ4n) is 1.68. The molecule has 0 radical (unpaired) electrons. The van der Waals surface area contributed by atoms with Gasteiger partial charge in [-0.3, -0.25) is 4.79 Å². The van der Waals surface area contributed by atoms with Crippen LogP contribution in [0, 0.1) is 5.82 Å². The van der Waals surface area contributed by atoms with Crippen LogP contribution in [0.25, 0.3) is 5.76 Å². The summed E-state index contributed by atoms with van der Waals surface area (Å²) in [5, 5.41) is 0. The Bertz CT molecular complexity index is 534. The van der Waals surface area contributed by atoms with E-state index in [-0.39, 0.29) is 18.0 Å². The van der Waals surface area contributed by atoms with Crippen LogP contribution in [0.2, 0.25) is 0 Å². The average Bonchev–Trinajstić information content (AvgIpc) is 2.66. The van der Waals surface area contributed by atoms with Gasteiger partial charge >= 0.3 is 11.9 Å². The minimum Gasteiger partial charge on any atom is -0.469 e. The molecular formula is C13H11FO4.